The Morgan fingerprint density at radius 1 is 1.31 bits per heavy atom. The second-order valence-corrected chi connectivity index (χ2v) is 9.38. The smallest absolute Gasteiger partial charge is 0.306 e. The lowest BCUT2D eigenvalue weighted by Gasteiger charge is -2.57. The first-order valence-corrected chi connectivity index (χ1v) is 11.0. The quantitative estimate of drug-likeness (QED) is 0.312. The molecule has 0 aliphatic heterocycles. The van der Waals surface area contributed by atoms with Crippen LogP contribution in [-0.4, -0.2) is 30.1 Å². The van der Waals surface area contributed by atoms with Crippen LogP contribution >= 0.6 is 0 Å². The molecule has 0 radical (unpaired) electrons. The molecule has 0 saturated heterocycles. The van der Waals surface area contributed by atoms with Gasteiger partial charge in [-0.1, -0.05) is 33.3 Å². The Morgan fingerprint density at radius 3 is 2.52 bits per heavy atom. The molecule has 0 heterocycles. The molecule has 0 aromatic heterocycles. The summed E-state index contributed by atoms with van der Waals surface area (Å²) in [5.41, 5.74) is 2.19. The molecule has 1 atom stereocenters. The highest BCUT2D eigenvalue weighted by Gasteiger charge is 2.50. The summed E-state index contributed by atoms with van der Waals surface area (Å²) >= 11 is 0. The number of anilines is 1. The van der Waals surface area contributed by atoms with Gasteiger partial charge in [-0.05, 0) is 61.5 Å². The third kappa shape index (κ3) is 4.73. The van der Waals surface area contributed by atoms with Crippen molar-refractivity contribution in [2.75, 3.05) is 18.1 Å². The monoisotopic (exact) mass is 402 g/mol. The first-order valence-electron chi connectivity index (χ1n) is 11.0. The SMILES string of the molecule is CCOC(=O)CC(C)c1ccc(N(CC(C)C)C2CC3(CCC3)C2)c([N+](=O)[O-])c1. The third-order valence-corrected chi connectivity index (χ3v) is 6.61. The van der Waals surface area contributed by atoms with Gasteiger partial charge in [-0.3, -0.25) is 14.9 Å². The lowest BCUT2D eigenvalue weighted by atomic mass is 9.53. The van der Waals surface area contributed by atoms with Crippen LogP contribution in [0.5, 0.6) is 0 Å². The van der Waals surface area contributed by atoms with Crippen molar-refractivity contribution in [1.29, 1.82) is 0 Å². The molecule has 1 unspecified atom stereocenters. The van der Waals surface area contributed by atoms with Gasteiger partial charge in [-0.25, -0.2) is 0 Å². The lowest BCUT2D eigenvalue weighted by Crippen LogP contribution is -2.55. The van der Waals surface area contributed by atoms with E-state index in [-0.39, 0.29) is 28.9 Å². The topological polar surface area (TPSA) is 72.7 Å². The summed E-state index contributed by atoms with van der Waals surface area (Å²) in [7, 11) is 0. The highest BCUT2D eigenvalue weighted by Crippen LogP contribution is 2.58. The van der Waals surface area contributed by atoms with E-state index in [1.165, 1.54) is 19.3 Å². The van der Waals surface area contributed by atoms with E-state index in [0.717, 1.165) is 30.6 Å². The summed E-state index contributed by atoms with van der Waals surface area (Å²) in [6, 6.07) is 5.88. The summed E-state index contributed by atoms with van der Waals surface area (Å²) in [5.74, 6) is 0.0330. The van der Waals surface area contributed by atoms with Gasteiger partial charge < -0.3 is 9.64 Å². The number of nitro groups is 1. The van der Waals surface area contributed by atoms with Crippen molar-refractivity contribution >= 4 is 17.3 Å². The molecule has 0 bridgehead atoms. The van der Waals surface area contributed by atoms with Crippen LogP contribution < -0.4 is 4.90 Å². The lowest BCUT2D eigenvalue weighted by molar-refractivity contribution is -0.384. The number of nitro benzene ring substituents is 1. The van der Waals surface area contributed by atoms with E-state index in [1.807, 2.05) is 19.1 Å². The van der Waals surface area contributed by atoms with E-state index in [0.29, 0.717) is 24.0 Å². The van der Waals surface area contributed by atoms with Crippen LogP contribution in [0.2, 0.25) is 0 Å². The number of carbonyl (C=O) groups excluding carboxylic acids is 1. The average molecular weight is 403 g/mol. The second-order valence-electron chi connectivity index (χ2n) is 9.38. The summed E-state index contributed by atoms with van der Waals surface area (Å²) in [6.07, 6.45) is 6.47. The number of rotatable bonds is 9. The molecule has 29 heavy (non-hydrogen) atoms. The van der Waals surface area contributed by atoms with Crippen molar-refractivity contribution in [3.05, 3.63) is 33.9 Å². The zero-order valence-electron chi connectivity index (χ0n) is 18.1. The number of hydrogen-bond acceptors (Lipinski definition) is 5. The minimum atomic E-state index is -0.277. The largest absolute Gasteiger partial charge is 0.466 e. The van der Waals surface area contributed by atoms with Crippen LogP contribution in [0.25, 0.3) is 0 Å². The maximum absolute atomic E-state index is 11.9. The van der Waals surface area contributed by atoms with Gasteiger partial charge in [0, 0.05) is 18.7 Å². The molecule has 2 aliphatic carbocycles. The highest BCUT2D eigenvalue weighted by atomic mass is 16.6. The fraction of sp³-hybridized carbons (Fsp3) is 0.696. The first kappa shape index (κ1) is 21.6. The van der Waals surface area contributed by atoms with Gasteiger partial charge >= 0.3 is 5.97 Å². The molecular weight excluding hydrogens is 368 g/mol. The molecule has 2 saturated carbocycles. The Bertz CT molecular complexity index is 749. The molecule has 1 spiro atoms. The molecule has 2 fully saturated rings. The standard InChI is InChI=1S/C23H34N2O4/c1-5-29-22(26)11-17(4)18-7-8-20(21(12-18)25(27)28)24(15-16(2)3)19-13-23(14-19)9-6-10-23/h7-8,12,16-17,19H,5-6,9-11,13-15H2,1-4H3. The van der Waals surface area contributed by atoms with Crippen molar-refractivity contribution in [2.24, 2.45) is 11.3 Å². The number of esters is 1. The van der Waals surface area contributed by atoms with Gasteiger partial charge in [0.25, 0.3) is 5.69 Å². The van der Waals surface area contributed by atoms with Gasteiger partial charge in [0.15, 0.2) is 0 Å². The minimum absolute atomic E-state index is 0.123. The van der Waals surface area contributed by atoms with E-state index in [1.54, 1.807) is 13.0 Å². The van der Waals surface area contributed by atoms with E-state index in [2.05, 4.69) is 18.7 Å². The molecule has 2 aliphatic rings. The predicted molar refractivity (Wildman–Crippen MR) is 114 cm³/mol. The van der Waals surface area contributed by atoms with E-state index in [9.17, 15) is 14.9 Å². The van der Waals surface area contributed by atoms with Crippen molar-refractivity contribution in [2.45, 2.75) is 78.2 Å². The van der Waals surface area contributed by atoms with Gasteiger partial charge in [0.1, 0.15) is 5.69 Å². The molecule has 1 aromatic carbocycles. The fourth-order valence-corrected chi connectivity index (χ4v) is 4.91. The van der Waals surface area contributed by atoms with E-state index < -0.39 is 0 Å². The molecule has 160 valence electrons. The molecular formula is C23H34N2O4. The van der Waals surface area contributed by atoms with Crippen LogP contribution in [0.1, 0.15) is 77.7 Å². The Balaban J connectivity index is 1.83. The maximum Gasteiger partial charge on any atom is 0.306 e. The predicted octanol–water partition coefficient (Wildman–Crippen LogP) is 5.45. The van der Waals surface area contributed by atoms with Crippen LogP contribution in [0, 0.1) is 21.4 Å². The summed E-state index contributed by atoms with van der Waals surface area (Å²) < 4.78 is 5.03. The molecule has 6 heteroatoms. The van der Waals surface area contributed by atoms with Crippen molar-refractivity contribution < 1.29 is 14.5 Å². The summed E-state index contributed by atoms with van der Waals surface area (Å²) in [4.78, 5) is 25.7. The normalized spacial score (nSPS) is 18.8. The van der Waals surface area contributed by atoms with Crippen molar-refractivity contribution in [3.63, 3.8) is 0 Å². The van der Waals surface area contributed by atoms with Crippen molar-refractivity contribution in [3.8, 4) is 0 Å². The molecule has 1 aromatic rings. The highest BCUT2D eigenvalue weighted by molar-refractivity contribution is 5.71. The molecule has 0 N–H and O–H groups in total. The third-order valence-electron chi connectivity index (χ3n) is 6.61. The van der Waals surface area contributed by atoms with Crippen LogP contribution in [-0.2, 0) is 9.53 Å². The van der Waals surface area contributed by atoms with Gasteiger partial charge in [-0.15, -0.1) is 0 Å². The van der Waals surface area contributed by atoms with Crippen LogP contribution in [0.4, 0.5) is 11.4 Å². The van der Waals surface area contributed by atoms with Crippen LogP contribution in [0.3, 0.4) is 0 Å². The van der Waals surface area contributed by atoms with Gasteiger partial charge in [0.05, 0.1) is 18.0 Å². The number of benzene rings is 1. The zero-order chi connectivity index (χ0) is 21.2. The molecule has 6 nitrogen and oxygen atoms in total. The van der Waals surface area contributed by atoms with Gasteiger partial charge in [0.2, 0.25) is 0 Å². The maximum atomic E-state index is 11.9. The number of ether oxygens (including phenoxy) is 1. The minimum Gasteiger partial charge on any atom is -0.466 e. The fourth-order valence-electron chi connectivity index (χ4n) is 4.91. The van der Waals surface area contributed by atoms with E-state index >= 15 is 0 Å². The number of carbonyl (C=O) groups is 1. The number of hydrogen-bond donors (Lipinski definition) is 0. The zero-order valence-corrected chi connectivity index (χ0v) is 18.1. The Hall–Kier alpha value is -2.11. The van der Waals surface area contributed by atoms with Crippen LogP contribution in [0.15, 0.2) is 18.2 Å². The second kappa shape index (κ2) is 8.72. The Morgan fingerprint density at radius 2 is 2.00 bits per heavy atom. The van der Waals surface area contributed by atoms with E-state index in [4.69, 9.17) is 4.74 Å². The van der Waals surface area contributed by atoms with Crippen molar-refractivity contribution in [1.82, 2.24) is 0 Å². The summed E-state index contributed by atoms with van der Waals surface area (Å²) in [5, 5.41) is 11.9. The number of nitrogens with zero attached hydrogens (tertiary/aromatic N) is 2. The van der Waals surface area contributed by atoms with Gasteiger partial charge in [-0.2, -0.15) is 0 Å². The Labute approximate surface area is 173 Å². The average Bonchev–Trinajstić information content (AvgIpc) is 2.57. The molecule has 3 rings (SSSR count). The molecule has 0 amide bonds. The summed E-state index contributed by atoms with van der Waals surface area (Å²) in [6.45, 7) is 9.17. The first-order chi connectivity index (χ1) is 13.7. The Kier molecular flexibility index (Phi) is 6.49.